The average molecular weight is 470 g/mol. The van der Waals surface area contributed by atoms with Gasteiger partial charge in [-0.05, 0) is 44.2 Å². The standard InChI is InChI=1S/C23H23N3O6S/c1-3-28-18-8-15-6-13(2)31-19(15)9-16(18)10-24-21(27)11-33-23-26-25-22(32-23)14-4-5-17-20(7-14)30-12-29-17/h4-5,7-9,13H,3,6,10-12H2,1-2H3,(H,24,27). The lowest BCUT2D eigenvalue weighted by Gasteiger charge is -2.13. The van der Waals surface area contributed by atoms with Gasteiger partial charge in [-0.15, -0.1) is 10.2 Å². The van der Waals surface area contributed by atoms with Crippen molar-refractivity contribution in [3.63, 3.8) is 0 Å². The Morgan fingerprint density at radius 2 is 2.06 bits per heavy atom. The highest BCUT2D eigenvalue weighted by atomic mass is 32.2. The first-order chi connectivity index (χ1) is 16.1. The van der Waals surface area contributed by atoms with E-state index in [1.165, 1.54) is 11.8 Å². The van der Waals surface area contributed by atoms with Crippen molar-refractivity contribution in [2.24, 2.45) is 0 Å². The van der Waals surface area contributed by atoms with Gasteiger partial charge in [0.1, 0.15) is 17.6 Å². The zero-order valence-corrected chi connectivity index (χ0v) is 19.1. The summed E-state index contributed by atoms with van der Waals surface area (Å²) in [7, 11) is 0. The third kappa shape index (κ3) is 4.70. The summed E-state index contributed by atoms with van der Waals surface area (Å²) in [5.41, 5.74) is 2.73. The molecule has 3 heterocycles. The smallest absolute Gasteiger partial charge is 0.277 e. The van der Waals surface area contributed by atoms with Crippen LogP contribution in [0.15, 0.2) is 40.0 Å². The fraction of sp³-hybridized carbons (Fsp3) is 0.348. The Hall–Kier alpha value is -3.40. The first-order valence-corrected chi connectivity index (χ1v) is 11.7. The second-order valence-electron chi connectivity index (χ2n) is 7.64. The third-order valence-electron chi connectivity index (χ3n) is 5.21. The fourth-order valence-corrected chi connectivity index (χ4v) is 4.29. The van der Waals surface area contributed by atoms with E-state index in [0.29, 0.717) is 35.8 Å². The maximum absolute atomic E-state index is 12.4. The SMILES string of the molecule is CCOc1cc2c(cc1CNC(=O)CSc1nnc(-c3ccc4c(c3)OCO4)o1)OC(C)C2. The lowest BCUT2D eigenvalue weighted by molar-refractivity contribution is -0.118. The molecular formula is C23H23N3O6S. The van der Waals surface area contributed by atoms with Crippen LogP contribution in [0.4, 0.5) is 0 Å². The molecule has 1 amide bonds. The van der Waals surface area contributed by atoms with Gasteiger partial charge >= 0.3 is 0 Å². The van der Waals surface area contributed by atoms with E-state index in [1.807, 2.05) is 32.0 Å². The van der Waals surface area contributed by atoms with Crippen molar-refractivity contribution < 1.29 is 28.2 Å². The molecule has 172 valence electrons. The molecule has 2 aromatic carbocycles. The van der Waals surface area contributed by atoms with Crippen LogP contribution in [0, 0.1) is 0 Å². The largest absolute Gasteiger partial charge is 0.494 e. The summed E-state index contributed by atoms with van der Waals surface area (Å²) >= 11 is 1.18. The number of hydrogen-bond donors (Lipinski definition) is 1. The number of carbonyl (C=O) groups is 1. The lowest BCUT2D eigenvalue weighted by atomic mass is 10.1. The molecule has 0 radical (unpaired) electrons. The summed E-state index contributed by atoms with van der Waals surface area (Å²) < 4.78 is 28.0. The second kappa shape index (κ2) is 9.22. The summed E-state index contributed by atoms with van der Waals surface area (Å²) in [5, 5.41) is 11.3. The molecule has 0 saturated carbocycles. The predicted molar refractivity (Wildman–Crippen MR) is 120 cm³/mol. The quantitative estimate of drug-likeness (QED) is 0.496. The molecule has 2 aliphatic rings. The molecular weight excluding hydrogens is 446 g/mol. The molecule has 33 heavy (non-hydrogen) atoms. The number of nitrogens with one attached hydrogen (secondary N) is 1. The third-order valence-corrected chi connectivity index (χ3v) is 6.03. The van der Waals surface area contributed by atoms with Gasteiger partial charge in [-0.3, -0.25) is 4.79 Å². The molecule has 0 saturated heterocycles. The van der Waals surface area contributed by atoms with Gasteiger partial charge in [0.2, 0.25) is 18.6 Å². The highest BCUT2D eigenvalue weighted by molar-refractivity contribution is 7.99. The van der Waals surface area contributed by atoms with Gasteiger partial charge in [0.25, 0.3) is 5.22 Å². The van der Waals surface area contributed by atoms with Crippen LogP contribution in [-0.4, -0.2) is 41.4 Å². The Balaban J connectivity index is 1.17. The van der Waals surface area contributed by atoms with Crippen LogP contribution in [0.1, 0.15) is 25.0 Å². The molecule has 0 fully saturated rings. The van der Waals surface area contributed by atoms with Crippen molar-refractivity contribution in [3.05, 3.63) is 41.5 Å². The molecule has 2 aliphatic heterocycles. The van der Waals surface area contributed by atoms with Gasteiger partial charge < -0.3 is 28.7 Å². The van der Waals surface area contributed by atoms with Crippen molar-refractivity contribution >= 4 is 17.7 Å². The fourth-order valence-electron chi connectivity index (χ4n) is 3.70. The number of nitrogens with zero attached hydrogens (tertiary/aromatic N) is 2. The molecule has 0 aliphatic carbocycles. The summed E-state index contributed by atoms with van der Waals surface area (Å²) in [6.45, 7) is 5.06. The average Bonchev–Trinajstić information content (AvgIpc) is 3.54. The number of amides is 1. The van der Waals surface area contributed by atoms with E-state index < -0.39 is 0 Å². The molecule has 0 bridgehead atoms. The Kier molecular flexibility index (Phi) is 5.99. The summed E-state index contributed by atoms with van der Waals surface area (Å²) in [5.74, 6) is 3.29. The van der Waals surface area contributed by atoms with E-state index in [4.69, 9.17) is 23.4 Å². The number of ether oxygens (including phenoxy) is 4. The summed E-state index contributed by atoms with van der Waals surface area (Å²) in [4.78, 5) is 12.4. The van der Waals surface area contributed by atoms with E-state index in [2.05, 4.69) is 15.5 Å². The summed E-state index contributed by atoms with van der Waals surface area (Å²) in [6.07, 6.45) is 1.00. The number of rotatable bonds is 8. The first-order valence-electron chi connectivity index (χ1n) is 10.7. The molecule has 3 aromatic rings. The van der Waals surface area contributed by atoms with Gasteiger partial charge in [-0.1, -0.05) is 11.8 Å². The molecule has 1 N–H and O–H groups in total. The Morgan fingerprint density at radius 3 is 2.94 bits per heavy atom. The van der Waals surface area contributed by atoms with Crippen LogP contribution in [0.5, 0.6) is 23.0 Å². The monoisotopic (exact) mass is 469 g/mol. The van der Waals surface area contributed by atoms with Crippen LogP contribution in [-0.2, 0) is 17.8 Å². The van der Waals surface area contributed by atoms with Gasteiger partial charge in [0, 0.05) is 29.7 Å². The lowest BCUT2D eigenvalue weighted by Crippen LogP contribution is -2.25. The zero-order valence-electron chi connectivity index (χ0n) is 18.3. The number of benzene rings is 2. The zero-order chi connectivity index (χ0) is 22.8. The Bertz CT molecular complexity index is 1180. The number of fused-ring (bicyclic) bond motifs is 2. The topological polar surface area (TPSA) is 105 Å². The molecule has 0 spiro atoms. The maximum atomic E-state index is 12.4. The molecule has 1 aromatic heterocycles. The van der Waals surface area contributed by atoms with Crippen LogP contribution in [0.2, 0.25) is 0 Å². The predicted octanol–water partition coefficient (Wildman–Crippen LogP) is 3.60. The minimum absolute atomic E-state index is 0.144. The van der Waals surface area contributed by atoms with Crippen LogP contribution in [0.25, 0.3) is 11.5 Å². The molecule has 1 atom stereocenters. The normalized spacial score (nSPS) is 15.8. The minimum Gasteiger partial charge on any atom is -0.494 e. The number of hydrogen-bond acceptors (Lipinski definition) is 9. The van der Waals surface area contributed by atoms with Gasteiger partial charge in [-0.25, -0.2) is 0 Å². The van der Waals surface area contributed by atoms with Crippen molar-refractivity contribution in [2.45, 2.75) is 38.1 Å². The Morgan fingerprint density at radius 1 is 1.18 bits per heavy atom. The van der Waals surface area contributed by atoms with E-state index in [1.54, 1.807) is 12.1 Å². The van der Waals surface area contributed by atoms with Crippen LogP contribution >= 0.6 is 11.8 Å². The maximum Gasteiger partial charge on any atom is 0.277 e. The molecule has 5 rings (SSSR count). The summed E-state index contributed by atoms with van der Waals surface area (Å²) in [6, 6.07) is 9.36. The van der Waals surface area contributed by atoms with Gasteiger partial charge in [0.15, 0.2) is 11.5 Å². The van der Waals surface area contributed by atoms with Gasteiger partial charge in [0.05, 0.1) is 12.4 Å². The molecule has 1 unspecified atom stereocenters. The van der Waals surface area contributed by atoms with E-state index in [9.17, 15) is 4.79 Å². The van der Waals surface area contributed by atoms with Crippen molar-refractivity contribution in [1.82, 2.24) is 15.5 Å². The van der Waals surface area contributed by atoms with Crippen LogP contribution in [0.3, 0.4) is 0 Å². The number of thioether (sulfide) groups is 1. The number of carbonyl (C=O) groups excluding carboxylic acids is 1. The van der Waals surface area contributed by atoms with Crippen molar-refractivity contribution in [3.8, 4) is 34.5 Å². The van der Waals surface area contributed by atoms with Crippen molar-refractivity contribution in [1.29, 1.82) is 0 Å². The van der Waals surface area contributed by atoms with Crippen LogP contribution < -0.4 is 24.3 Å². The molecule has 10 heteroatoms. The first kappa shape index (κ1) is 21.4. The second-order valence-corrected chi connectivity index (χ2v) is 8.57. The number of aromatic nitrogens is 2. The van der Waals surface area contributed by atoms with E-state index in [-0.39, 0.29) is 24.6 Å². The highest BCUT2D eigenvalue weighted by Crippen LogP contribution is 2.36. The highest BCUT2D eigenvalue weighted by Gasteiger charge is 2.22. The van der Waals surface area contributed by atoms with Crippen molar-refractivity contribution in [2.75, 3.05) is 19.2 Å². The van der Waals surface area contributed by atoms with Gasteiger partial charge in [-0.2, -0.15) is 0 Å². The van der Waals surface area contributed by atoms with E-state index in [0.717, 1.165) is 34.6 Å². The molecule has 9 nitrogen and oxygen atoms in total. The Labute approximate surface area is 194 Å². The minimum atomic E-state index is -0.153. The van der Waals surface area contributed by atoms with E-state index >= 15 is 0 Å².